The van der Waals surface area contributed by atoms with Crippen molar-refractivity contribution >= 4 is 17.0 Å². The molecule has 0 aliphatic heterocycles. The quantitative estimate of drug-likeness (QED) is 0.730. The first-order chi connectivity index (χ1) is 7.16. The molecule has 0 radical (unpaired) electrons. The zero-order valence-electron chi connectivity index (χ0n) is 8.68. The van der Waals surface area contributed by atoms with Crippen LogP contribution in [-0.2, 0) is 6.54 Å². The van der Waals surface area contributed by atoms with Gasteiger partial charge in [0.1, 0.15) is 6.33 Å². The lowest BCUT2D eigenvalue weighted by atomic mass is 10.3. The Balaban J connectivity index is 2.39. The molecule has 78 valence electrons. The predicted molar refractivity (Wildman–Crippen MR) is 57.0 cm³/mol. The molecule has 0 aliphatic rings. The minimum atomic E-state index is 0.364. The molecular weight excluding hydrogens is 192 g/mol. The van der Waals surface area contributed by atoms with Crippen LogP contribution in [0.5, 0.6) is 0 Å². The molecule has 0 aromatic carbocycles. The second-order valence-electron chi connectivity index (χ2n) is 3.47. The van der Waals surface area contributed by atoms with Gasteiger partial charge >= 0.3 is 0 Å². The van der Waals surface area contributed by atoms with Gasteiger partial charge in [-0.05, 0) is 13.8 Å². The third-order valence-electron chi connectivity index (χ3n) is 1.92. The number of nitrogens with zero attached hydrogens (tertiary/aromatic N) is 5. The SMILES string of the molecule is CC(C)=CCn1nc2ncnc(N)c2n1. The third kappa shape index (κ3) is 1.93. The van der Waals surface area contributed by atoms with Crippen molar-refractivity contribution in [1.82, 2.24) is 25.0 Å². The first kappa shape index (κ1) is 9.57. The summed E-state index contributed by atoms with van der Waals surface area (Å²) in [6.45, 7) is 4.67. The number of hydrogen-bond acceptors (Lipinski definition) is 5. The Labute approximate surface area is 86.8 Å². The summed E-state index contributed by atoms with van der Waals surface area (Å²) < 4.78 is 0. The maximum Gasteiger partial charge on any atom is 0.207 e. The fourth-order valence-electron chi connectivity index (χ4n) is 1.14. The summed E-state index contributed by atoms with van der Waals surface area (Å²) >= 11 is 0. The largest absolute Gasteiger partial charge is 0.382 e. The molecule has 6 nitrogen and oxygen atoms in total. The van der Waals surface area contributed by atoms with E-state index >= 15 is 0 Å². The molecule has 2 aromatic rings. The number of anilines is 1. The molecule has 2 N–H and O–H groups in total. The molecule has 0 fully saturated rings. The van der Waals surface area contributed by atoms with Gasteiger partial charge in [0.05, 0.1) is 6.54 Å². The topological polar surface area (TPSA) is 82.5 Å². The minimum absolute atomic E-state index is 0.364. The molecule has 15 heavy (non-hydrogen) atoms. The van der Waals surface area contributed by atoms with E-state index in [0.29, 0.717) is 23.5 Å². The average molecular weight is 204 g/mol. The van der Waals surface area contributed by atoms with Crippen molar-refractivity contribution in [2.24, 2.45) is 0 Å². The maximum absolute atomic E-state index is 5.64. The highest BCUT2D eigenvalue weighted by molar-refractivity contribution is 5.79. The van der Waals surface area contributed by atoms with Gasteiger partial charge in [0.25, 0.3) is 0 Å². The van der Waals surface area contributed by atoms with Gasteiger partial charge in [-0.25, -0.2) is 9.97 Å². The Morgan fingerprint density at radius 2 is 2.20 bits per heavy atom. The van der Waals surface area contributed by atoms with Gasteiger partial charge in [-0.1, -0.05) is 11.6 Å². The molecule has 0 bridgehead atoms. The molecule has 0 amide bonds. The highest BCUT2D eigenvalue weighted by Crippen LogP contribution is 2.10. The molecule has 2 heterocycles. The van der Waals surface area contributed by atoms with E-state index in [0.717, 1.165) is 0 Å². The van der Waals surface area contributed by atoms with Gasteiger partial charge in [0, 0.05) is 0 Å². The Hall–Kier alpha value is -1.98. The molecule has 0 saturated heterocycles. The van der Waals surface area contributed by atoms with E-state index in [-0.39, 0.29) is 0 Å². The standard InChI is InChI=1S/C9H12N6/c1-6(2)3-4-15-13-7-8(10)11-5-12-9(7)14-15/h3,5H,4H2,1-2H3,(H2,10,11,12,14). The van der Waals surface area contributed by atoms with E-state index in [2.05, 4.69) is 20.2 Å². The van der Waals surface area contributed by atoms with Gasteiger partial charge in [-0.2, -0.15) is 4.80 Å². The smallest absolute Gasteiger partial charge is 0.207 e. The summed E-state index contributed by atoms with van der Waals surface area (Å²) in [5.74, 6) is 0.364. The van der Waals surface area contributed by atoms with Crippen LogP contribution in [0.25, 0.3) is 11.2 Å². The fraction of sp³-hybridized carbons (Fsp3) is 0.333. The number of rotatable bonds is 2. The Morgan fingerprint density at radius 3 is 2.87 bits per heavy atom. The second kappa shape index (κ2) is 3.64. The Kier molecular flexibility index (Phi) is 2.32. The van der Waals surface area contributed by atoms with Crippen LogP contribution in [0.3, 0.4) is 0 Å². The molecule has 0 atom stereocenters. The zero-order valence-corrected chi connectivity index (χ0v) is 8.68. The monoisotopic (exact) mass is 204 g/mol. The number of nitrogens with two attached hydrogens (primary N) is 1. The van der Waals surface area contributed by atoms with Crippen LogP contribution in [0.15, 0.2) is 18.0 Å². The predicted octanol–water partition coefficient (Wildman–Crippen LogP) is 0.770. The average Bonchev–Trinajstić information content (AvgIpc) is 2.59. The van der Waals surface area contributed by atoms with Gasteiger partial charge in [0.2, 0.25) is 5.65 Å². The normalized spacial score (nSPS) is 10.5. The first-order valence-corrected chi connectivity index (χ1v) is 4.61. The van der Waals surface area contributed by atoms with Gasteiger partial charge < -0.3 is 5.73 Å². The number of aromatic nitrogens is 5. The molecule has 0 spiro atoms. The molecule has 6 heteroatoms. The van der Waals surface area contributed by atoms with Crippen molar-refractivity contribution in [3.63, 3.8) is 0 Å². The summed E-state index contributed by atoms with van der Waals surface area (Å²) in [4.78, 5) is 9.39. The number of allylic oxidation sites excluding steroid dienone is 2. The summed E-state index contributed by atoms with van der Waals surface area (Å²) in [6.07, 6.45) is 3.42. The summed E-state index contributed by atoms with van der Waals surface area (Å²) in [6, 6.07) is 0. The molecule has 2 rings (SSSR count). The van der Waals surface area contributed by atoms with Crippen LogP contribution < -0.4 is 5.73 Å². The first-order valence-electron chi connectivity index (χ1n) is 4.61. The molecule has 2 aromatic heterocycles. The summed E-state index contributed by atoms with van der Waals surface area (Å²) in [7, 11) is 0. The van der Waals surface area contributed by atoms with E-state index in [9.17, 15) is 0 Å². The molecular formula is C9H12N6. The third-order valence-corrected chi connectivity index (χ3v) is 1.92. The second-order valence-corrected chi connectivity index (χ2v) is 3.47. The number of nitrogen functional groups attached to an aromatic ring is 1. The lowest BCUT2D eigenvalue weighted by molar-refractivity contribution is 0.608. The van der Waals surface area contributed by atoms with Crippen LogP contribution >= 0.6 is 0 Å². The van der Waals surface area contributed by atoms with Crippen LogP contribution in [0.2, 0.25) is 0 Å². The van der Waals surface area contributed by atoms with Crippen molar-refractivity contribution in [2.75, 3.05) is 5.73 Å². The lowest BCUT2D eigenvalue weighted by Crippen LogP contribution is -2.00. The Bertz CT molecular complexity index is 508. The van der Waals surface area contributed by atoms with Gasteiger partial charge in [0.15, 0.2) is 11.3 Å². The van der Waals surface area contributed by atoms with E-state index in [1.165, 1.54) is 11.9 Å². The van der Waals surface area contributed by atoms with Crippen molar-refractivity contribution in [1.29, 1.82) is 0 Å². The van der Waals surface area contributed by atoms with Crippen molar-refractivity contribution < 1.29 is 0 Å². The minimum Gasteiger partial charge on any atom is -0.382 e. The highest BCUT2D eigenvalue weighted by Gasteiger charge is 2.06. The van der Waals surface area contributed by atoms with Gasteiger partial charge in [-0.3, -0.25) is 0 Å². The summed E-state index contributed by atoms with van der Waals surface area (Å²) in [5, 5.41) is 8.37. The van der Waals surface area contributed by atoms with Crippen LogP contribution in [-0.4, -0.2) is 25.0 Å². The maximum atomic E-state index is 5.64. The molecule has 0 saturated carbocycles. The van der Waals surface area contributed by atoms with E-state index in [1.807, 2.05) is 19.9 Å². The molecule has 0 aliphatic carbocycles. The van der Waals surface area contributed by atoms with Crippen molar-refractivity contribution in [2.45, 2.75) is 20.4 Å². The lowest BCUT2D eigenvalue weighted by Gasteiger charge is -1.92. The Morgan fingerprint density at radius 1 is 1.40 bits per heavy atom. The van der Waals surface area contributed by atoms with Gasteiger partial charge in [-0.15, -0.1) is 10.2 Å². The highest BCUT2D eigenvalue weighted by atomic mass is 15.5. The summed E-state index contributed by atoms with van der Waals surface area (Å²) in [5.41, 5.74) is 7.95. The fourth-order valence-corrected chi connectivity index (χ4v) is 1.14. The van der Waals surface area contributed by atoms with Crippen molar-refractivity contribution in [3.05, 3.63) is 18.0 Å². The van der Waals surface area contributed by atoms with Crippen molar-refractivity contribution in [3.8, 4) is 0 Å². The van der Waals surface area contributed by atoms with Crippen LogP contribution in [0.1, 0.15) is 13.8 Å². The zero-order chi connectivity index (χ0) is 10.8. The van der Waals surface area contributed by atoms with Crippen LogP contribution in [0, 0.1) is 0 Å². The number of hydrogen-bond donors (Lipinski definition) is 1. The van der Waals surface area contributed by atoms with E-state index in [1.54, 1.807) is 4.80 Å². The van der Waals surface area contributed by atoms with E-state index < -0.39 is 0 Å². The number of fused-ring (bicyclic) bond motifs is 1. The molecule has 0 unspecified atom stereocenters. The van der Waals surface area contributed by atoms with Crippen LogP contribution in [0.4, 0.5) is 5.82 Å². The van der Waals surface area contributed by atoms with E-state index in [4.69, 9.17) is 5.73 Å².